The Morgan fingerprint density at radius 1 is 0.889 bits per heavy atom. The van der Waals surface area contributed by atoms with Gasteiger partial charge in [-0.1, -0.05) is 12.1 Å². The van der Waals surface area contributed by atoms with Crippen molar-refractivity contribution in [2.24, 2.45) is 0 Å². The number of ketones is 1. The lowest BCUT2D eigenvalue weighted by atomic mass is 10.0. The van der Waals surface area contributed by atoms with Gasteiger partial charge >= 0.3 is 0 Å². The van der Waals surface area contributed by atoms with Crippen LogP contribution in [-0.2, 0) is 6.42 Å². The quantitative estimate of drug-likeness (QED) is 0.535. The van der Waals surface area contributed by atoms with Crippen LogP contribution in [0, 0.1) is 0 Å². The van der Waals surface area contributed by atoms with E-state index in [9.17, 15) is 4.79 Å². The van der Waals surface area contributed by atoms with E-state index in [-0.39, 0.29) is 5.78 Å². The highest BCUT2D eigenvalue weighted by Crippen LogP contribution is 2.37. The maximum Gasteiger partial charge on any atom is 0.164 e. The van der Waals surface area contributed by atoms with Crippen molar-refractivity contribution < 1.29 is 23.7 Å². The fourth-order valence-electron chi connectivity index (χ4n) is 2.85. The Kier molecular flexibility index (Phi) is 7.99. The lowest BCUT2D eigenvalue weighted by molar-refractivity contribution is 0.0982. The van der Waals surface area contributed by atoms with Crippen LogP contribution in [0.5, 0.6) is 23.0 Å². The van der Waals surface area contributed by atoms with E-state index in [4.69, 9.17) is 18.9 Å². The molecule has 0 bridgehead atoms. The molecule has 0 spiro atoms. The van der Waals surface area contributed by atoms with Crippen molar-refractivity contribution in [2.75, 3.05) is 26.9 Å². The van der Waals surface area contributed by atoms with Gasteiger partial charge in [0.15, 0.2) is 17.3 Å². The second kappa shape index (κ2) is 10.5. The zero-order valence-electron chi connectivity index (χ0n) is 16.5. The maximum absolute atomic E-state index is 12.6. The number of benzene rings is 2. The molecule has 5 heteroatoms. The van der Waals surface area contributed by atoms with Gasteiger partial charge in [0, 0.05) is 23.6 Å². The van der Waals surface area contributed by atoms with Crippen molar-refractivity contribution >= 4 is 5.78 Å². The number of rotatable bonds is 11. The topological polar surface area (TPSA) is 54.0 Å². The fourth-order valence-corrected chi connectivity index (χ4v) is 2.85. The van der Waals surface area contributed by atoms with Gasteiger partial charge in [-0.05, 0) is 45.4 Å². The molecule has 2 aromatic rings. The fraction of sp³-hybridized carbons (Fsp3) is 0.409. The van der Waals surface area contributed by atoms with Gasteiger partial charge in [0.2, 0.25) is 0 Å². The molecule has 2 rings (SSSR count). The molecule has 0 heterocycles. The third kappa shape index (κ3) is 5.64. The summed E-state index contributed by atoms with van der Waals surface area (Å²) in [7, 11) is 1.60. The van der Waals surface area contributed by atoms with Crippen molar-refractivity contribution in [1.29, 1.82) is 0 Å². The zero-order chi connectivity index (χ0) is 19.6. The van der Waals surface area contributed by atoms with E-state index in [2.05, 4.69) is 0 Å². The number of Topliss-reactive ketones (excluding diaryl/α,β-unsaturated/α-hetero) is 1. The van der Waals surface area contributed by atoms with Crippen LogP contribution in [0.1, 0.15) is 43.1 Å². The molecule has 0 atom stereocenters. The lowest BCUT2D eigenvalue weighted by Gasteiger charge is -2.16. The van der Waals surface area contributed by atoms with Crippen LogP contribution in [-0.4, -0.2) is 32.7 Å². The first-order valence-corrected chi connectivity index (χ1v) is 9.35. The summed E-state index contributed by atoms with van der Waals surface area (Å²) in [6.07, 6.45) is 0.888. The first-order valence-electron chi connectivity index (χ1n) is 9.35. The smallest absolute Gasteiger partial charge is 0.164 e. The number of ether oxygens (including phenoxy) is 4. The molecule has 0 radical (unpaired) electrons. The van der Waals surface area contributed by atoms with Crippen molar-refractivity contribution in [2.45, 2.75) is 33.6 Å². The minimum absolute atomic E-state index is 0.0554. The van der Waals surface area contributed by atoms with Gasteiger partial charge in [-0.15, -0.1) is 0 Å². The summed E-state index contributed by atoms with van der Waals surface area (Å²) < 4.78 is 22.3. The molecule has 27 heavy (non-hydrogen) atoms. The predicted octanol–water partition coefficient (Wildman–Crippen LogP) is 4.71. The Labute approximate surface area is 161 Å². The Morgan fingerprint density at radius 3 is 2.26 bits per heavy atom. The number of aryl methyl sites for hydroxylation is 1. The van der Waals surface area contributed by atoms with Crippen molar-refractivity contribution in [1.82, 2.24) is 0 Å². The standard InChI is InChI=1S/C22H28O5/c1-5-25-18-10-8-9-16(13-18)20(23)12-11-17-14-19(26-6-2)15-21(24-4)22(17)27-7-3/h8-10,13-15H,5-7,11-12H2,1-4H3. The van der Waals surface area contributed by atoms with Crippen LogP contribution >= 0.6 is 0 Å². The van der Waals surface area contributed by atoms with Crippen LogP contribution in [0.25, 0.3) is 0 Å². The molecule has 0 N–H and O–H groups in total. The van der Waals surface area contributed by atoms with Gasteiger partial charge in [-0.3, -0.25) is 4.79 Å². The largest absolute Gasteiger partial charge is 0.494 e. The average Bonchev–Trinajstić information content (AvgIpc) is 2.68. The minimum atomic E-state index is 0.0554. The monoisotopic (exact) mass is 372 g/mol. The molecule has 0 saturated heterocycles. The Balaban J connectivity index is 2.21. The van der Waals surface area contributed by atoms with Crippen molar-refractivity contribution in [3.63, 3.8) is 0 Å². The zero-order valence-corrected chi connectivity index (χ0v) is 16.5. The summed E-state index contributed by atoms with van der Waals surface area (Å²) in [4.78, 5) is 12.6. The molecule has 0 aliphatic carbocycles. The van der Waals surface area contributed by atoms with Crippen LogP contribution in [0.3, 0.4) is 0 Å². The summed E-state index contributed by atoms with van der Waals surface area (Å²) in [5.74, 6) is 2.75. The molecule has 5 nitrogen and oxygen atoms in total. The molecule has 0 unspecified atom stereocenters. The third-order valence-electron chi connectivity index (χ3n) is 4.01. The number of hydrogen-bond donors (Lipinski definition) is 0. The highest BCUT2D eigenvalue weighted by atomic mass is 16.5. The van der Waals surface area contributed by atoms with E-state index in [0.717, 1.165) is 5.56 Å². The molecule has 0 saturated carbocycles. The SMILES string of the molecule is CCOc1cccc(C(=O)CCc2cc(OCC)cc(OC)c2OCC)c1. The first-order chi connectivity index (χ1) is 13.1. The van der Waals surface area contributed by atoms with Gasteiger partial charge < -0.3 is 18.9 Å². The van der Waals surface area contributed by atoms with E-state index in [1.54, 1.807) is 13.2 Å². The normalized spacial score (nSPS) is 10.4. The maximum atomic E-state index is 12.6. The van der Waals surface area contributed by atoms with Crippen LogP contribution in [0.2, 0.25) is 0 Å². The second-order valence-electron chi connectivity index (χ2n) is 5.86. The number of hydrogen-bond acceptors (Lipinski definition) is 5. The van der Waals surface area contributed by atoms with Crippen LogP contribution in [0.4, 0.5) is 0 Å². The molecular weight excluding hydrogens is 344 g/mol. The third-order valence-corrected chi connectivity index (χ3v) is 4.01. The Bertz CT molecular complexity index is 754. The summed E-state index contributed by atoms with van der Waals surface area (Å²) in [5.41, 5.74) is 1.54. The van der Waals surface area contributed by atoms with E-state index in [1.807, 2.05) is 51.1 Å². The Hall–Kier alpha value is -2.69. The summed E-state index contributed by atoms with van der Waals surface area (Å²) in [6.45, 7) is 7.41. The highest BCUT2D eigenvalue weighted by Gasteiger charge is 2.16. The van der Waals surface area contributed by atoms with Gasteiger partial charge in [0.25, 0.3) is 0 Å². The highest BCUT2D eigenvalue weighted by molar-refractivity contribution is 5.96. The summed E-state index contributed by atoms with van der Waals surface area (Å²) in [5, 5.41) is 0. The minimum Gasteiger partial charge on any atom is -0.494 e. The number of carbonyl (C=O) groups excluding carboxylic acids is 1. The van der Waals surface area contributed by atoms with E-state index in [1.165, 1.54) is 0 Å². The predicted molar refractivity (Wildman–Crippen MR) is 106 cm³/mol. The van der Waals surface area contributed by atoms with Crippen molar-refractivity contribution in [3.8, 4) is 23.0 Å². The summed E-state index contributed by atoms with van der Waals surface area (Å²) >= 11 is 0. The molecule has 0 amide bonds. The number of methoxy groups -OCH3 is 1. The molecular formula is C22H28O5. The Morgan fingerprint density at radius 2 is 1.59 bits per heavy atom. The van der Waals surface area contributed by atoms with Gasteiger partial charge in [-0.25, -0.2) is 0 Å². The molecule has 0 aliphatic rings. The average molecular weight is 372 g/mol. The lowest BCUT2D eigenvalue weighted by Crippen LogP contribution is -2.05. The molecule has 2 aromatic carbocycles. The molecule has 0 aromatic heterocycles. The first kappa shape index (κ1) is 20.6. The number of carbonyl (C=O) groups is 1. The summed E-state index contributed by atoms with van der Waals surface area (Å²) in [6, 6.07) is 11.0. The molecule has 0 fully saturated rings. The van der Waals surface area contributed by atoms with Gasteiger partial charge in [-0.2, -0.15) is 0 Å². The second-order valence-corrected chi connectivity index (χ2v) is 5.86. The van der Waals surface area contributed by atoms with E-state index >= 15 is 0 Å². The van der Waals surface area contributed by atoms with Crippen LogP contribution in [0.15, 0.2) is 36.4 Å². The molecule has 146 valence electrons. The van der Waals surface area contributed by atoms with Gasteiger partial charge in [0.1, 0.15) is 11.5 Å². The van der Waals surface area contributed by atoms with Crippen molar-refractivity contribution in [3.05, 3.63) is 47.5 Å². The van der Waals surface area contributed by atoms with Gasteiger partial charge in [0.05, 0.1) is 26.9 Å². The van der Waals surface area contributed by atoms with E-state index < -0.39 is 0 Å². The van der Waals surface area contributed by atoms with E-state index in [0.29, 0.717) is 61.2 Å². The van der Waals surface area contributed by atoms with Crippen LogP contribution < -0.4 is 18.9 Å². The molecule has 0 aliphatic heterocycles.